The van der Waals surface area contributed by atoms with E-state index in [-0.39, 0.29) is 17.9 Å². The smallest absolute Gasteiger partial charge is 0.246 e. The SMILES string of the molecule is CC1CCC(O)CN1CCCN1CCN(C(=O)/C=C/c2ccc(Cl)c(Cl)c2)CCC1=O. The van der Waals surface area contributed by atoms with E-state index in [1.54, 1.807) is 29.2 Å². The molecule has 1 N–H and O–H groups in total. The van der Waals surface area contributed by atoms with Gasteiger partial charge in [-0.05, 0) is 50.0 Å². The molecule has 170 valence electrons. The molecular weight excluding hydrogens is 437 g/mol. The average molecular weight is 468 g/mol. The summed E-state index contributed by atoms with van der Waals surface area (Å²) < 4.78 is 0. The maximum Gasteiger partial charge on any atom is 0.246 e. The number of hydrogen-bond acceptors (Lipinski definition) is 4. The van der Waals surface area contributed by atoms with Crippen molar-refractivity contribution in [1.82, 2.24) is 14.7 Å². The molecule has 0 radical (unpaired) electrons. The van der Waals surface area contributed by atoms with Crippen LogP contribution in [0.1, 0.15) is 38.2 Å². The number of benzene rings is 1. The Morgan fingerprint density at radius 3 is 2.74 bits per heavy atom. The maximum atomic E-state index is 12.6. The van der Waals surface area contributed by atoms with Crippen molar-refractivity contribution in [3.63, 3.8) is 0 Å². The second-order valence-electron chi connectivity index (χ2n) is 8.39. The molecule has 2 fully saturated rings. The Labute approximate surface area is 194 Å². The van der Waals surface area contributed by atoms with E-state index in [2.05, 4.69) is 11.8 Å². The lowest BCUT2D eigenvalue weighted by molar-refractivity contribution is -0.130. The molecule has 8 heteroatoms. The molecule has 2 saturated heterocycles. The molecule has 1 aromatic carbocycles. The summed E-state index contributed by atoms with van der Waals surface area (Å²) in [6.07, 6.45) is 6.07. The number of hydrogen-bond donors (Lipinski definition) is 1. The number of amides is 2. The van der Waals surface area contributed by atoms with Gasteiger partial charge in [0.25, 0.3) is 0 Å². The van der Waals surface area contributed by atoms with E-state index in [1.807, 2.05) is 4.90 Å². The minimum absolute atomic E-state index is 0.0930. The van der Waals surface area contributed by atoms with Gasteiger partial charge in [-0.25, -0.2) is 0 Å². The summed E-state index contributed by atoms with van der Waals surface area (Å²) in [6.45, 7) is 5.95. The van der Waals surface area contributed by atoms with Crippen molar-refractivity contribution in [1.29, 1.82) is 0 Å². The van der Waals surface area contributed by atoms with Crippen LogP contribution < -0.4 is 0 Å². The maximum absolute atomic E-state index is 12.6. The van der Waals surface area contributed by atoms with E-state index in [4.69, 9.17) is 23.2 Å². The number of nitrogens with zero attached hydrogens (tertiary/aromatic N) is 3. The van der Waals surface area contributed by atoms with Gasteiger partial charge in [-0.3, -0.25) is 14.5 Å². The van der Waals surface area contributed by atoms with Crippen LogP contribution in [0.2, 0.25) is 10.0 Å². The molecule has 2 unspecified atom stereocenters. The Morgan fingerprint density at radius 2 is 1.97 bits per heavy atom. The summed E-state index contributed by atoms with van der Waals surface area (Å²) in [5, 5.41) is 10.8. The molecule has 3 rings (SSSR count). The van der Waals surface area contributed by atoms with Gasteiger partial charge in [0, 0.05) is 57.8 Å². The van der Waals surface area contributed by atoms with Crippen LogP contribution in [0, 0.1) is 0 Å². The number of carbonyl (C=O) groups is 2. The van der Waals surface area contributed by atoms with Crippen LogP contribution in [0.25, 0.3) is 6.08 Å². The fourth-order valence-corrected chi connectivity index (χ4v) is 4.45. The van der Waals surface area contributed by atoms with Gasteiger partial charge in [-0.2, -0.15) is 0 Å². The first kappa shape index (κ1) is 24.1. The number of halogens is 2. The topological polar surface area (TPSA) is 64.1 Å². The number of β-amino-alcohol motifs (C(OH)–C–C–N with tert-alkyl or cyclic N) is 1. The van der Waals surface area contributed by atoms with E-state index in [0.29, 0.717) is 55.2 Å². The van der Waals surface area contributed by atoms with Crippen LogP contribution in [0.4, 0.5) is 0 Å². The van der Waals surface area contributed by atoms with E-state index in [0.717, 1.165) is 31.4 Å². The van der Waals surface area contributed by atoms with E-state index in [1.165, 1.54) is 6.08 Å². The zero-order valence-corrected chi connectivity index (χ0v) is 19.5. The Balaban J connectivity index is 1.47. The summed E-state index contributed by atoms with van der Waals surface area (Å²) in [5.41, 5.74) is 0.798. The second kappa shape index (κ2) is 11.3. The van der Waals surface area contributed by atoms with Gasteiger partial charge >= 0.3 is 0 Å². The molecule has 0 bridgehead atoms. The number of aliphatic hydroxyl groups excluding tert-OH is 1. The van der Waals surface area contributed by atoms with Crippen LogP contribution in [0.3, 0.4) is 0 Å². The van der Waals surface area contributed by atoms with Gasteiger partial charge in [0.1, 0.15) is 0 Å². The molecular formula is C23H31Cl2N3O3. The lowest BCUT2D eigenvalue weighted by atomic mass is 10.0. The van der Waals surface area contributed by atoms with Crippen LogP contribution in [-0.4, -0.2) is 83.0 Å². The molecule has 2 atom stereocenters. The highest BCUT2D eigenvalue weighted by molar-refractivity contribution is 6.42. The van der Waals surface area contributed by atoms with Gasteiger partial charge < -0.3 is 14.9 Å². The number of carbonyl (C=O) groups excluding carboxylic acids is 2. The average Bonchev–Trinajstić information content (AvgIpc) is 2.93. The number of aliphatic hydroxyl groups is 1. The highest BCUT2D eigenvalue weighted by atomic mass is 35.5. The van der Waals surface area contributed by atoms with E-state index in [9.17, 15) is 14.7 Å². The zero-order valence-electron chi connectivity index (χ0n) is 18.0. The van der Waals surface area contributed by atoms with Crippen molar-refractivity contribution in [3.05, 3.63) is 39.9 Å². The fourth-order valence-electron chi connectivity index (χ4n) is 4.15. The summed E-state index contributed by atoms with van der Waals surface area (Å²) in [7, 11) is 0. The number of rotatable bonds is 6. The third-order valence-electron chi connectivity index (χ3n) is 6.12. The molecule has 2 aliphatic rings. The molecule has 0 saturated carbocycles. The van der Waals surface area contributed by atoms with E-state index < -0.39 is 0 Å². The van der Waals surface area contributed by atoms with Crippen LogP contribution in [0.5, 0.6) is 0 Å². The largest absolute Gasteiger partial charge is 0.392 e. The first-order valence-corrected chi connectivity index (χ1v) is 11.7. The zero-order chi connectivity index (χ0) is 22.4. The van der Waals surface area contributed by atoms with Crippen molar-refractivity contribution >= 4 is 41.1 Å². The van der Waals surface area contributed by atoms with Crippen LogP contribution >= 0.6 is 23.2 Å². The molecule has 6 nitrogen and oxygen atoms in total. The molecule has 2 aliphatic heterocycles. The fraction of sp³-hybridized carbons (Fsp3) is 0.565. The van der Waals surface area contributed by atoms with Crippen LogP contribution in [-0.2, 0) is 9.59 Å². The lowest BCUT2D eigenvalue weighted by Crippen LogP contribution is -2.45. The Kier molecular flexibility index (Phi) is 8.78. The van der Waals surface area contributed by atoms with Crippen molar-refractivity contribution in [3.8, 4) is 0 Å². The van der Waals surface area contributed by atoms with Gasteiger partial charge in [0.15, 0.2) is 0 Å². The van der Waals surface area contributed by atoms with Gasteiger partial charge in [-0.1, -0.05) is 29.3 Å². The van der Waals surface area contributed by atoms with Crippen molar-refractivity contribution in [2.45, 2.75) is 44.8 Å². The third kappa shape index (κ3) is 6.94. The quantitative estimate of drug-likeness (QED) is 0.651. The Morgan fingerprint density at radius 1 is 1.16 bits per heavy atom. The predicted octanol–water partition coefficient (Wildman–Crippen LogP) is 3.30. The predicted molar refractivity (Wildman–Crippen MR) is 124 cm³/mol. The van der Waals surface area contributed by atoms with Crippen LogP contribution in [0.15, 0.2) is 24.3 Å². The standard InChI is InChI=1S/C23H31Cl2N3O3/c1-17-3-6-19(29)16-28(17)11-2-10-26-13-14-27(12-9-23(26)31)22(30)8-5-18-4-7-20(24)21(25)15-18/h4-5,7-8,15,17,19,29H,2-3,6,9-14,16H2,1H3/b8-5+. The Hall–Kier alpha value is -1.60. The van der Waals surface area contributed by atoms with Gasteiger partial charge in [0.05, 0.1) is 16.1 Å². The highest BCUT2D eigenvalue weighted by Crippen LogP contribution is 2.23. The number of likely N-dealkylation sites (tertiary alicyclic amines) is 1. The molecule has 31 heavy (non-hydrogen) atoms. The molecule has 0 aromatic heterocycles. The first-order valence-electron chi connectivity index (χ1n) is 11.0. The van der Waals surface area contributed by atoms with Gasteiger partial charge in [-0.15, -0.1) is 0 Å². The molecule has 0 aliphatic carbocycles. The minimum Gasteiger partial charge on any atom is -0.392 e. The number of piperidine rings is 1. The Bertz CT molecular complexity index is 817. The van der Waals surface area contributed by atoms with Crippen molar-refractivity contribution < 1.29 is 14.7 Å². The van der Waals surface area contributed by atoms with E-state index >= 15 is 0 Å². The summed E-state index contributed by atoms with van der Waals surface area (Å²) >= 11 is 11.9. The summed E-state index contributed by atoms with van der Waals surface area (Å²) in [5.74, 6) is -0.0210. The second-order valence-corrected chi connectivity index (χ2v) is 9.21. The molecule has 0 spiro atoms. The molecule has 1 aromatic rings. The lowest BCUT2D eigenvalue weighted by Gasteiger charge is -2.36. The first-order chi connectivity index (χ1) is 14.8. The van der Waals surface area contributed by atoms with Crippen molar-refractivity contribution in [2.75, 3.05) is 39.3 Å². The normalized spacial score (nSPS) is 23.4. The highest BCUT2D eigenvalue weighted by Gasteiger charge is 2.25. The third-order valence-corrected chi connectivity index (χ3v) is 6.86. The summed E-state index contributed by atoms with van der Waals surface area (Å²) in [6, 6.07) is 5.68. The minimum atomic E-state index is -0.243. The molecule has 2 amide bonds. The van der Waals surface area contributed by atoms with Gasteiger partial charge in [0.2, 0.25) is 11.8 Å². The monoisotopic (exact) mass is 467 g/mol. The van der Waals surface area contributed by atoms with Crippen molar-refractivity contribution in [2.24, 2.45) is 0 Å². The molecule has 2 heterocycles. The summed E-state index contributed by atoms with van der Waals surface area (Å²) in [4.78, 5) is 31.0.